The molecule has 2 heterocycles. The third-order valence-electron chi connectivity index (χ3n) is 3.16. The number of anilines is 1. The molecule has 0 unspecified atom stereocenters. The Balaban J connectivity index is 2.04. The smallest absolute Gasteiger partial charge is 0.150 e. The number of aromatic nitrogens is 2. The van der Waals surface area contributed by atoms with Gasteiger partial charge in [0.05, 0.1) is 11.7 Å². The van der Waals surface area contributed by atoms with Crippen molar-refractivity contribution in [2.24, 2.45) is 0 Å². The number of nitrogen functional groups attached to an aromatic ring is 1. The van der Waals surface area contributed by atoms with Crippen LogP contribution < -0.4 is 11.1 Å². The van der Waals surface area contributed by atoms with Crippen LogP contribution in [0.3, 0.4) is 0 Å². The molecule has 0 radical (unpaired) electrons. The van der Waals surface area contributed by atoms with Gasteiger partial charge in [-0.15, -0.1) is 0 Å². The standard InChI is InChI=1S/C9H14N4/c10-9-7-4-11-5-8(7)13(12-9)6-2-1-3-6/h6,11H,1-5H2,(H2,10,12). The summed E-state index contributed by atoms with van der Waals surface area (Å²) >= 11 is 0. The molecule has 0 aromatic carbocycles. The van der Waals surface area contributed by atoms with Crippen LogP contribution in [0, 0.1) is 0 Å². The summed E-state index contributed by atoms with van der Waals surface area (Å²) in [4.78, 5) is 0. The van der Waals surface area contributed by atoms with E-state index in [0.717, 1.165) is 18.9 Å². The van der Waals surface area contributed by atoms with E-state index in [0.29, 0.717) is 6.04 Å². The average molecular weight is 178 g/mol. The van der Waals surface area contributed by atoms with Gasteiger partial charge in [0.15, 0.2) is 0 Å². The summed E-state index contributed by atoms with van der Waals surface area (Å²) < 4.78 is 2.15. The Hall–Kier alpha value is -1.03. The molecule has 0 saturated heterocycles. The van der Waals surface area contributed by atoms with E-state index in [1.165, 1.54) is 30.5 Å². The van der Waals surface area contributed by atoms with Gasteiger partial charge in [-0.2, -0.15) is 5.10 Å². The van der Waals surface area contributed by atoms with E-state index in [1.807, 2.05) is 0 Å². The van der Waals surface area contributed by atoms with Crippen LogP contribution in [0.2, 0.25) is 0 Å². The summed E-state index contributed by atoms with van der Waals surface area (Å²) in [5.74, 6) is 0.729. The van der Waals surface area contributed by atoms with Crippen molar-refractivity contribution < 1.29 is 0 Å². The number of nitrogens with two attached hydrogens (primary N) is 1. The highest BCUT2D eigenvalue weighted by atomic mass is 15.3. The molecule has 3 rings (SSSR count). The minimum Gasteiger partial charge on any atom is -0.382 e. The first-order chi connectivity index (χ1) is 6.36. The van der Waals surface area contributed by atoms with Crippen LogP contribution in [0.25, 0.3) is 0 Å². The Morgan fingerprint density at radius 1 is 1.38 bits per heavy atom. The molecular weight excluding hydrogens is 164 g/mol. The Labute approximate surface area is 77.1 Å². The lowest BCUT2D eigenvalue weighted by Gasteiger charge is -2.27. The first kappa shape index (κ1) is 7.38. The van der Waals surface area contributed by atoms with Crippen molar-refractivity contribution in [1.82, 2.24) is 15.1 Å². The topological polar surface area (TPSA) is 55.9 Å². The van der Waals surface area contributed by atoms with Crippen molar-refractivity contribution in [2.45, 2.75) is 38.4 Å². The van der Waals surface area contributed by atoms with Crippen LogP contribution in [-0.4, -0.2) is 9.78 Å². The van der Waals surface area contributed by atoms with Crippen LogP contribution >= 0.6 is 0 Å². The minimum absolute atomic E-state index is 0.631. The fraction of sp³-hybridized carbons (Fsp3) is 0.667. The number of nitrogens with zero attached hydrogens (tertiary/aromatic N) is 2. The maximum Gasteiger partial charge on any atom is 0.150 e. The van der Waals surface area contributed by atoms with Gasteiger partial charge in [0, 0.05) is 18.7 Å². The highest BCUT2D eigenvalue weighted by molar-refractivity contribution is 5.44. The molecule has 70 valence electrons. The van der Waals surface area contributed by atoms with Gasteiger partial charge in [-0.25, -0.2) is 0 Å². The first-order valence-corrected chi connectivity index (χ1v) is 4.92. The van der Waals surface area contributed by atoms with Gasteiger partial charge in [-0.1, -0.05) is 0 Å². The third-order valence-corrected chi connectivity index (χ3v) is 3.16. The molecule has 1 aliphatic carbocycles. The highest BCUT2D eigenvalue weighted by Gasteiger charge is 2.27. The SMILES string of the molecule is Nc1nn(C2CCC2)c2c1CNC2. The van der Waals surface area contributed by atoms with E-state index in [1.54, 1.807) is 0 Å². The van der Waals surface area contributed by atoms with Crippen molar-refractivity contribution in [1.29, 1.82) is 0 Å². The molecule has 1 aliphatic heterocycles. The average Bonchev–Trinajstić information content (AvgIpc) is 2.53. The summed E-state index contributed by atoms with van der Waals surface area (Å²) in [5.41, 5.74) is 8.39. The fourth-order valence-electron chi connectivity index (χ4n) is 2.14. The summed E-state index contributed by atoms with van der Waals surface area (Å²) in [6.45, 7) is 1.84. The molecule has 3 N–H and O–H groups in total. The Bertz CT molecular complexity index is 338. The van der Waals surface area contributed by atoms with Crippen molar-refractivity contribution in [3.63, 3.8) is 0 Å². The summed E-state index contributed by atoms with van der Waals surface area (Å²) in [6.07, 6.45) is 3.88. The van der Waals surface area contributed by atoms with Crippen molar-refractivity contribution in [2.75, 3.05) is 5.73 Å². The van der Waals surface area contributed by atoms with Crippen LogP contribution in [0.5, 0.6) is 0 Å². The zero-order valence-electron chi connectivity index (χ0n) is 7.58. The molecule has 0 spiro atoms. The number of hydrogen-bond acceptors (Lipinski definition) is 3. The Kier molecular flexibility index (Phi) is 1.41. The second-order valence-corrected chi connectivity index (χ2v) is 3.94. The fourth-order valence-corrected chi connectivity index (χ4v) is 2.14. The Morgan fingerprint density at radius 2 is 2.23 bits per heavy atom. The van der Waals surface area contributed by atoms with Gasteiger partial charge in [-0.05, 0) is 19.3 Å². The van der Waals surface area contributed by atoms with Crippen LogP contribution in [0.15, 0.2) is 0 Å². The molecule has 4 nitrogen and oxygen atoms in total. The molecule has 1 aromatic rings. The number of fused-ring (bicyclic) bond motifs is 1. The van der Waals surface area contributed by atoms with Crippen molar-refractivity contribution >= 4 is 5.82 Å². The van der Waals surface area contributed by atoms with Gasteiger partial charge in [0.2, 0.25) is 0 Å². The molecule has 4 heteroatoms. The number of hydrogen-bond donors (Lipinski definition) is 2. The van der Waals surface area contributed by atoms with Gasteiger partial charge in [-0.3, -0.25) is 4.68 Å². The van der Waals surface area contributed by atoms with E-state index >= 15 is 0 Å². The molecule has 0 atom stereocenters. The third kappa shape index (κ3) is 0.920. The zero-order valence-corrected chi connectivity index (χ0v) is 7.58. The van der Waals surface area contributed by atoms with E-state index in [4.69, 9.17) is 5.73 Å². The van der Waals surface area contributed by atoms with Crippen LogP contribution in [0.1, 0.15) is 36.6 Å². The van der Waals surface area contributed by atoms with E-state index in [-0.39, 0.29) is 0 Å². The van der Waals surface area contributed by atoms with Gasteiger partial charge >= 0.3 is 0 Å². The maximum absolute atomic E-state index is 5.84. The second-order valence-electron chi connectivity index (χ2n) is 3.94. The van der Waals surface area contributed by atoms with E-state index in [9.17, 15) is 0 Å². The van der Waals surface area contributed by atoms with Crippen molar-refractivity contribution in [3.05, 3.63) is 11.3 Å². The van der Waals surface area contributed by atoms with Crippen molar-refractivity contribution in [3.8, 4) is 0 Å². The molecular formula is C9H14N4. The second kappa shape index (κ2) is 2.48. The van der Waals surface area contributed by atoms with E-state index in [2.05, 4.69) is 15.1 Å². The highest BCUT2D eigenvalue weighted by Crippen LogP contribution is 2.35. The molecule has 1 saturated carbocycles. The first-order valence-electron chi connectivity index (χ1n) is 4.92. The Morgan fingerprint density at radius 3 is 2.92 bits per heavy atom. The lowest BCUT2D eigenvalue weighted by atomic mass is 9.93. The monoisotopic (exact) mass is 178 g/mol. The molecule has 0 amide bonds. The largest absolute Gasteiger partial charge is 0.382 e. The number of rotatable bonds is 1. The normalized spacial score (nSPS) is 21.5. The maximum atomic E-state index is 5.84. The van der Waals surface area contributed by atoms with Gasteiger partial charge < -0.3 is 11.1 Å². The predicted octanol–water partition coefficient (Wildman–Crippen LogP) is 0.793. The summed E-state index contributed by atoms with van der Waals surface area (Å²) in [6, 6.07) is 0.631. The molecule has 13 heavy (non-hydrogen) atoms. The zero-order chi connectivity index (χ0) is 8.84. The summed E-state index contributed by atoms with van der Waals surface area (Å²) in [7, 11) is 0. The lowest BCUT2D eigenvalue weighted by Crippen LogP contribution is -2.21. The van der Waals surface area contributed by atoms with Gasteiger partial charge in [0.25, 0.3) is 0 Å². The van der Waals surface area contributed by atoms with Crippen LogP contribution in [0.4, 0.5) is 5.82 Å². The summed E-state index contributed by atoms with van der Waals surface area (Å²) in [5, 5.41) is 7.72. The number of nitrogens with one attached hydrogen (secondary N) is 1. The molecule has 1 aromatic heterocycles. The molecule has 1 fully saturated rings. The molecule has 2 aliphatic rings. The quantitative estimate of drug-likeness (QED) is 0.668. The minimum atomic E-state index is 0.631. The van der Waals surface area contributed by atoms with E-state index < -0.39 is 0 Å². The van der Waals surface area contributed by atoms with Gasteiger partial charge in [0.1, 0.15) is 5.82 Å². The predicted molar refractivity (Wildman–Crippen MR) is 50.1 cm³/mol. The van der Waals surface area contributed by atoms with Crippen LogP contribution in [-0.2, 0) is 13.1 Å². The lowest BCUT2D eigenvalue weighted by molar-refractivity contribution is 0.282. The molecule has 0 bridgehead atoms.